The normalized spacial score (nSPS) is 12.6. The maximum Gasteiger partial charge on any atom is 0.343 e. The van der Waals surface area contributed by atoms with Gasteiger partial charge in [-0.3, -0.25) is 4.57 Å². The van der Waals surface area contributed by atoms with E-state index in [0.29, 0.717) is 11.7 Å². The summed E-state index contributed by atoms with van der Waals surface area (Å²) in [6.45, 7) is 4.66. The number of hydrogen-bond acceptors (Lipinski definition) is 4. The van der Waals surface area contributed by atoms with Crippen molar-refractivity contribution in [3.8, 4) is 0 Å². The van der Waals surface area contributed by atoms with Crippen LogP contribution in [0.2, 0.25) is 0 Å². The first-order valence-corrected chi connectivity index (χ1v) is 7.12. The molecule has 0 fully saturated rings. The van der Waals surface area contributed by atoms with Gasteiger partial charge in [-0.15, -0.1) is 5.10 Å². The molecule has 0 saturated carbocycles. The molecule has 0 radical (unpaired) electrons. The van der Waals surface area contributed by atoms with E-state index < -0.39 is 0 Å². The Morgan fingerprint density at radius 3 is 2.68 bits per heavy atom. The standard InChI is InChI=1S/C13H18N4OS/c1-3-8-17-12(18)15-16-13(17)19-11-6-4-10(5-7-11)9(2)14/h4-7,9H,3,8,14H2,1-2H3,(H,15,18). The minimum atomic E-state index is -0.156. The summed E-state index contributed by atoms with van der Waals surface area (Å²) in [4.78, 5) is 12.6. The van der Waals surface area contributed by atoms with Crippen molar-refractivity contribution >= 4 is 11.8 Å². The summed E-state index contributed by atoms with van der Waals surface area (Å²) in [7, 11) is 0. The van der Waals surface area contributed by atoms with Crippen LogP contribution in [-0.4, -0.2) is 14.8 Å². The van der Waals surface area contributed by atoms with Crippen LogP contribution in [0.3, 0.4) is 0 Å². The van der Waals surface area contributed by atoms with Crippen LogP contribution >= 0.6 is 11.8 Å². The monoisotopic (exact) mass is 278 g/mol. The first kappa shape index (κ1) is 13.9. The summed E-state index contributed by atoms with van der Waals surface area (Å²) in [5.41, 5.74) is 6.75. The largest absolute Gasteiger partial charge is 0.343 e. The molecule has 0 bridgehead atoms. The van der Waals surface area contributed by atoms with Crippen molar-refractivity contribution in [2.75, 3.05) is 0 Å². The van der Waals surface area contributed by atoms with Gasteiger partial charge in [0.25, 0.3) is 0 Å². The zero-order valence-corrected chi connectivity index (χ0v) is 11.9. The molecule has 3 N–H and O–H groups in total. The van der Waals surface area contributed by atoms with Crippen molar-refractivity contribution in [2.24, 2.45) is 5.73 Å². The van der Waals surface area contributed by atoms with Gasteiger partial charge in [0, 0.05) is 17.5 Å². The summed E-state index contributed by atoms with van der Waals surface area (Å²) in [6, 6.07) is 8.03. The molecule has 0 amide bonds. The maximum absolute atomic E-state index is 11.6. The van der Waals surface area contributed by atoms with Crippen LogP contribution in [0.5, 0.6) is 0 Å². The fourth-order valence-electron chi connectivity index (χ4n) is 1.75. The Morgan fingerprint density at radius 1 is 1.42 bits per heavy atom. The second kappa shape index (κ2) is 6.08. The fourth-order valence-corrected chi connectivity index (χ4v) is 2.61. The Bertz CT molecular complexity index is 585. The van der Waals surface area contributed by atoms with Crippen molar-refractivity contribution in [1.82, 2.24) is 14.8 Å². The third kappa shape index (κ3) is 3.27. The van der Waals surface area contributed by atoms with Gasteiger partial charge in [-0.1, -0.05) is 19.1 Å². The third-order valence-electron chi connectivity index (χ3n) is 2.79. The Morgan fingerprint density at radius 2 is 2.11 bits per heavy atom. The topological polar surface area (TPSA) is 76.7 Å². The summed E-state index contributed by atoms with van der Waals surface area (Å²) >= 11 is 1.48. The van der Waals surface area contributed by atoms with Crippen molar-refractivity contribution in [3.63, 3.8) is 0 Å². The fraction of sp³-hybridized carbons (Fsp3) is 0.385. The van der Waals surface area contributed by atoms with Crippen molar-refractivity contribution in [1.29, 1.82) is 0 Å². The Kier molecular flexibility index (Phi) is 4.44. The summed E-state index contributed by atoms with van der Waals surface area (Å²) in [5, 5.41) is 7.23. The highest BCUT2D eigenvalue weighted by atomic mass is 32.2. The van der Waals surface area contributed by atoms with E-state index in [1.54, 1.807) is 4.57 Å². The van der Waals surface area contributed by atoms with Gasteiger partial charge < -0.3 is 5.73 Å². The molecule has 0 aliphatic carbocycles. The number of H-pyrrole nitrogens is 1. The minimum absolute atomic E-state index is 0.0303. The quantitative estimate of drug-likeness (QED) is 0.878. The van der Waals surface area contributed by atoms with Crippen LogP contribution in [0, 0.1) is 0 Å². The number of nitrogens with zero attached hydrogens (tertiary/aromatic N) is 2. The van der Waals surface area contributed by atoms with E-state index in [4.69, 9.17) is 5.73 Å². The van der Waals surface area contributed by atoms with Gasteiger partial charge in [0.1, 0.15) is 0 Å². The number of aromatic amines is 1. The first-order valence-electron chi connectivity index (χ1n) is 6.30. The molecule has 1 heterocycles. The van der Waals surface area contributed by atoms with E-state index in [9.17, 15) is 4.79 Å². The molecule has 5 nitrogen and oxygen atoms in total. The number of rotatable bonds is 5. The van der Waals surface area contributed by atoms with Crippen LogP contribution in [0.4, 0.5) is 0 Å². The summed E-state index contributed by atoms with van der Waals surface area (Å²) < 4.78 is 1.66. The van der Waals surface area contributed by atoms with Gasteiger partial charge in [0.15, 0.2) is 5.16 Å². The van der Waals surface area contributed by atoms with Gasteiger partial charge in [0.05, 0.1) is 0 Å². The molecule has 1 aromatic heterocycles. The molecule has 0 saturated heterocycles. The van der Waals surface area contributed by atoms with Crippen LogP contribution in [0.15, 0.2) is 39.1 Å². The molecule has 0 aliphatic rings. The molecule has 2 rings (SSSR count). The zero-order valence-electron chi connectivity index (χ0n) is 11.1. The molecule has 0 spiro atoms. The highest BCUT2D eigenvalue weighted by Gasteiger charge is 2.09. The van der Waals surface area contributed by atoms with Gasteiger partial charge in [-0.2, -0.15) is 0 Å². The second-order valence-corrected chi connectivity index (χ2v) is 5.46. The molecule has 6 heteroatoms. The van der Waals surface area contributed by atoms with Gasteiger partial charge >= 0.3 is 5.69 Å². The van der Waals surface area contributed by atoms with Crippen LogP contribution < -0.4 is 11.4 Å². The molecular weight excluding hydrogens is 260 g/mol. The van der Waals surface area contributed by atoms with E-state index in [-0.39, 0.29) is 11.7 Å². The van der Waals surface area contributed by atoms with E-state index in [0.717, 1.165) is 16.9 Å². The SMILES string of the molecule is CCCn1c(Sc2ccc(C(C)N)cc2)n[nH]c1=O. The highest BCUT2D eigenvalue weighted by molar-refractivity contribution is 7.99. The third-order valence-corrected chi connectivity index (χ3v) is 3.79. The molecule has 19 heavy (non-hydrogen) atoms. The molecule has 102 valence electrons. The summed E-state index contributed by atoms with van der Waals surface area (Å²) in [6.07, 6.45) is 0.899. The van der Waals surface area contributed by atoms with E-state index in [2.05, 4.69) is 10.2 Å². The molecule has 1 atom stereocenters. The van der Waals surface area contributed by atoms with Crippen molar-refractivity contribution in [2.45, 2.75) is 42.9 Å². The lowest BCUT2D eigenvalue weighted by Crippen LogP contribution is -2.17. The number of benzene rings is 1. The Balaban J connectivity index is 2.19. The van der Waals surface area contributed by atoms with Crippen LogP contribution in [0.25, 0.3) is 0 Å². The lowest BCUT2D eigenvalue weighted by molar-refractivity contribution is 0.604. The predicted molar refractivity (Wildman–Crippen MR) is 76.3 cm³/mol. The Labute approximate surface area is 116 Å². The smallest absolute Gasteiger partial charge is 0.324 e. The van der Waals surface area contributed by atoms with E-state index >= 15 is 0 Å². The highest BCUT2D eigenvalue weighted by Crippen LogP contribution is 2.26. The molecule has 1 aromatic carbocycles. The predicted octanol–water partition coefficient (Wildman–Crippen LogP) is 2.15. The van der Waals surface area contributed by atoms with Gasteiger partial charge in [-0.25, -0.2) is 9.89 Å². The number of hydrogen-bond donors (Lipinski definition) is 2. The van der Waals surface area contributed by atoms with Crippen LogP contribution in [-0.2, 0) is 6.54 Å². The maximum atomic E-state index is 11.6. The zero-order chi connectivity index (χ0) is 13.8. The second-order valence-electron chi connectivity index (χ2n) is 4.42. The first-order chi connectivity index (χ1) is 9.11. The molecule has 1 unspecified atom stereocenters. The number of aromatic nitrogens is 3. The van der Waals surface area contributed by atoms with Crippen molar-refractivity contribution < 1.29 is 0 Å². The van der Waals surface area contributed by atoms with Crippen molar-refractivity contribution in [3.05, 3.63) is 40.3 Å². The molecule has 2 aromatic rings. The lowest BCUT2D eigenvalue weighted by Gasteiger charge is -2.07. The average molecular weight is 278 g/mol. The minimum Gasteiger partial charge on any atom is -0.324 e. The van der Waals surface area contributed by atoms with E-state index in [1.807, 2.05) is 38.1 Å². The lowest BCUT2D eigenvalue weighted by atomic mass is 10.1. The average Bonchev–Trinajstić information content (AvgIpc) is 2.73. The number of nitrogens with two attached hydrogens (primary N) is 1. The summed E-state index contributed by atoms with van der Waals surface area (Å²) in [5.74, 6) is 0. The Hall–Kier alpha value is -1.53. The molecular formula is C13H18N4OS. The van der Waals surface area contributed by atoms with Gasteiger partial charge in [0.2, 0.25) is 0 Å². The van der Waals surface area contributed by atoms with Gasteiger partial charge in [-0.05, 0) is 42.8 Å². The number of nitrogens with one attached hydrogen (secondary N) is 1. The van der Waals surface area contributed by atoms with Crippen LogP contribution in [0.1, 0.15) is 31.9 Å². The molecule has 0 aliphatic heterocycles. The van der Waals surface area contributed by atoms with E-state index in [1.165, 1.54) is 11.8 Å².